The Morgan fingerprint density at radius 1 is 1.60 bits per heavy atom. The Kier molecular flexibility index (Phi) is 3.51. The topological polar surface area (TPSA) is 76.0 Å². The molecule has 1 aromatic rings. The molecule has 1 heterocycles. The van der Waals surface area contributed by atoms with E-state index >= 15 is 0 Å². The number of nitrogens with one attached hydrogen (secondary N) is 1. The van der Waals surface area contributed by atoms with Crippen molar-refractivity contribution in [2.75, 3.05) is 0 Å². The highest BCUT2D eigenvalue weighted by Crippen LogP contribution is 2.21. The molecule has 0 bridgehead atoms. The Morgan fingerprint density at radius 2 is 2.20 bits per heavy atom. The fraction of sp³-hybridized carbons (Fsp3) is 0.286. The number of hydrogen-bond acceptors (Lipinski definition) is 3. The van der Waals surface area contributed by atoms with E-state index in [2.05, 4.69) is 20.9 Å². The van der Waals surface area contributed by atoms with Crippen molar-refractivity contribution in [1.29, 1.82) is 0 Å². The van der Waals surface area contributed by atoms with Gasteiger partial charge in [-0.25, -0.2) is 8.78 Å². The van der Waals surface area contributed by atoms with Crippen LogP contribution in [0.4, 0.5) is 14.5 Å². The molecule has 0 unspecified atom stereocenters. The van der Waals surface area contributed by atoms with Crippen molar-refractivity contribution in [1.82, 2.24) is 4.98 Å². The molecule has 1 aromatic heterocycles. The first-order valence-corrected chi connectivity index (χ1v) is 4.84. The number of aromatic amines is 1. The number of nitrogens with zero attached hydrogens (tertiary/aromatic N) is 1. The van der Waals surface area contributed by atoms with Gasteiger partial charge >= 0.3 is 5.69 Å². The summed E-state index contributed by atoms with van der Waals surface area (Å²) in [5, 5.41) is 10.2. The largest absolute Gasteiger partial charge is 0.354 e. The summed E-state index contributed by atoms with van der Waals surface area (Å²) >= 11 is 2.83. The van der Waals surface area contributed by atoms with E-state index in [4.69, 9.17) is 0 Å². The molecule has 15 heavy (non-hydrogen) atoms. The van der Waals surface area contributed by atoms with Gasteiger partial charge in [-0.1, -0.05) is 15.9 Å². The van der Waals surface area contributed by atoms with E-state index in [0.29, 0.717) is 6.20 Å². The van der Waals surface area contributed by atoms with Crippen LogP contribution in [-0.4, -0.2) is 9.91 Å². The van der Waals surface area contributed by atoms with Gasteiger partial charge in [0, 0.05) is 10.9 Å². The van der Waals surface area contributed by atoms with E-state index in [1.807, 2.05) is 0 Å². The minimum Gasteiger partial charge on any atom is -0.354 e. The zero-order valence-electron chi connectivity index (χ0n) is 7.17. The van der Waals surface area contributed by atoms with Gasteiger partial charge < -0.3 is 4.98 Å². The van der Waals surface area contributed by atoms with Crippen LogP contribution in [0.25, 0.3) is 0 Å². The standard InChI is InChI=1S/C7H5BrF2N2O3/c8-1-3-5(7(9)10)11-2-4(6(3)13)12(14)15/h2,7H,1H2,(H,11,13). The first kappa shape index (κ1) is 11.8. The second kappa shape index (κ2) is 4.47. The van der Waals surface area contributed by atoms with Gasteiger partial charge in [0.1, 0.15) is 0 Å². The summed E-state index contributed by atoms with van der Waals surface area (Å²) < 4.78 is 24.7. The van der Waals surface area contributed by atoms with Crippen molar-refractivity contribution < 1.29 is 13.7 Å². The third-order valence-corrected chi connectivity index (χ3v) is 2.31. The van der Waals surface area contributed by atoms with Crippen LogP contribution in [0.3, 0.4) is 0 Å². The summed E-state index contributed by atoms with van der Waals surface area (Å²) in [5.74, 6) is 0. The first-order chi connectivity index (χ1) is 6.99. The average molecular weight is 283 g/mol. The quantitative estimate of drug-likeness (QED) is 0.524. The molecule has 0 saturated heterocycles. The van der Waals surface area contributed by atoms with Gasteiger partial charge in [0.05, 0.1) is 16.8 Å². The van der Waals surface area contributed by atoms with Crippen molar-refractivity contribution in [2.24, 2.45) is 0 Å². The zero-order valence-corrected chi connectivity index (χ0v) is 8.75. The summed E-state index contributed by atoms with van der Waals surface area (Å²) in [4.78, 5) is 22.8. The third kappa shape index (κ3) is 2.20. The fourth-order valence-corrected chi connectivity index (χ4v) is 1.60. The maximum absolute atomic E-state index is 12.4. The van der Waals surface area contributed by atoms with Crippen LogP contribution >= 0.6 is 15.9 Å². The highest BCUT2D eigenvalue weighted by atomic mass is 79.9. The number of hydrogen-bond donors (Lipinski definition) is 1. The van der Waals surface area contributed by atoms with Crippen molar-refractivity contribution in [3.05, 3.63) is 37.8 Å². The van der Waals surface area contributed by atoms with Crippen molar-refractivity contribution in [2.45, 2.75) is 11.8 Å². The van der Waals surface area contributed by atoms with E-state index < -0.39 is 28.2 Å². The molecule has 0 aliphatic rings. The summed E-state index contributed by atoms with van der Waals surface area (Å²) in [6, 6.07) is 0. The van der Waals surface area contributed by atoms with Crippen LogP contribution in [-0.2, 0) is 5.33 Å². The lowest BCUT2D eigenvalue weighted by Gasteiger charge is -2.04. The Hall–Kier alpha value is -1.31. The fourth-order valence-electron chi connectivity index (χ4n) is 1.04. The van der Waals surface area contributed by atoms with Crippen LogP contribution < -0.4 is 5.43 Å². The van der Waals surface area contributed by atoms with E-state index in [-0.39, 0.29) is 10.9 Å². The molecule has 0 saturated carbocycles. The molecule has 5 nitrogen and oxygen atoms in total. The van der Waals surface area contributed by atoms with Gasteiger partial charge in [-0.2, -0.15) is 0 Å². The predicted molar refractivity (Wildman–Crippen MR) is 51.3 cm³/mol. The molecule has 8 heteroatoms. The maximum atomic E-state index is 12.4. The van der Waals surface area contributed by atoms with E-state index in [9.17, 15) is 23.7 Å². The number of halogens is 3. The maximum Gasteiger partial charge on any atom is 0.332 e. The van der Waals surface area contributed by atoms with Gasteiger partial charge in [-0.15, -0.1) is 0 Å². The van der Waals surface area contributed by atoms with Gasteiger partial charge in [0.15, 0.2) is 0 Å². The Balaban J connectivity index is 3.46. The molecule has 0 radical (unpaired) electrons. The third-order valence-electron chi connectivity index (χ3n) is 1.74. The predicted octanol–water partition coefficient (Wildman–Crippen LogP) is 2.12. The van der Waals surface area contributed by atoms with E-state index in [0.717, 1.165) is 0 Å². The molecule has 0 aliphatic heterocycles. The lowest BCUT2D eigenvalue weighted by Crippen LogP contribution is -2.16. The Bertz CT molecular complexity index is 446. The zero-order chi connectivity index (χ0) is 11.6. The van der Waals surface area contributed by atoms with Crippen LogP contribution in [0.1, 0.15) is 17.7 Å². The number of nitro groups is 1. The summed E-state index contributed by atoms with van der Waals surface area (Å²) in [5.41, 5.74) is -2.65. The molecular formula is C7H5BrF2N2O3. The number of pyridine rings is 1. The molecular weight excluding hydrogens is 278 g/mol. The van der Waals surface area contributed by atoms with E-state index in [1.165, 1.54) is 0 Å². The monoisotopic (exact) mass is 282 g/mol. The molecule has 0 aromatic carbocycles. The van der Waals surface area contributed by atoms with Crippen molar-refractivity contribution in [3.8, 4) is 0 Å². The molecule has 1 rings (SSSR count). The molecule has 0 fully saturated rings. The SMILES string of the molecule is O=c1c([N+](=O)[O-])c[nH]c(C(F)F)c1CBr. The van der Waals surface area contributed by atoms with Crippen molar-refractivity contribution >= 4 is 21.6 Å². The first-order valence-electron chi connectivity index (χ1n) is 3.72. The number of alkyl halides is 3. The highest BCUT2D eigenvalue weighted by Gasteiger charge is 2.22. The molecule has 0 atom stereocenters. The van der Waals surface area contributed by atoms with Gasteiger partial charge in [0.25, 0.3) is 11.9 Å². The normalized spacial score (nSPS) is 10.7. The smallest absolute Gasteiger partial charge is 0.332 e. The molecule has 0 aliphatic carbocycles. The summed E-state index contributed by atoms with van der Waals surface area (Å²) in [7, 11) is 0. The average Bonchev–Trinajstić information content (AvgIpc) is 2.16. The second-order valence-corrected chi connectivity index (χ2v) is 3.15. The summed E-state index contributed by atoms with van der Waals surface area (Å²) in [6.07, 6.45) is -2.19. The Labute approximate surface area is 90.4 Å². The molecule has 82 valence electrons. The minimum absolute atomic E-state index is 0.163. The second-order valence-electron chi connectivity index (χ2n) is 2.59. The lowest BCUT2D eigenvalue weighted by atomic mass is 10.2. The number of rotatable bonds is 3. The minimum atomic E-state index is -2.87. The van der Waals surface area contributed by atoms with Gasteiger partial charge in [0.2, 0.25) is 0 Å². The van der Waals surface area contributed by atoms with Crippen LogP contribution in [0.15, 0.2) is 11.0 Å². The molecule has 0 amide bonds. The Morgan fingerprint density at radius 3 is 2.60 bits per heavy atom. The summed E-state index contributed by atoms with van der Waals surface area (Å²) in [6.45, 7) is 0. The van der Waals surface area contributed by atoms with Crippen LogP contribution in [0, 0.1) is 10.1 Å². The molecule has 1 N–H and O–H groups in total. The van der Waals surface area contributed by atoms with Crippen LogP contribution in [0.5, 0.6) is 0 Å². The van der Waals surface area contributed by atoms with Crippen molar-refractivity contribution in [3.63, 3.8) is 0 Å². The lowest BCUT2D eigenvalue weighted by molar-refractivity contribution is -0.386. The highest BCUT2D eigenvalue weighted by molar-refractivity contribution is 9.08. The molecule has 0 spiro atoms. The van der Waals surface area contributed by atoms with Gasteiger partial charge in [-0.05, 0) is 0 Å². The number of H-pyrrole nitrogens is 1. The van der Waals surface area contributed by atoms with Crippen LogP contribution in [0.2, 0.25) is 0 Å². The number of aromatic nitrogens is 1. The van der Waals surface area contributed by atoms with Gasteiger partial charge in [-0.3, -0.25) is 14.9 Å². The van der Waals surface area contributed by atoms with E-state index in [1.54, 1.807) is 0 Å².